The Kier molecular flexibility index (Phi) is 53.3. The van der Waals surface area contributed by atoms with E-state index in [2.05, 4.69) is 0 Å². The van der Waals surface area contributed by atoms with E-state index in [9.17, 15) is 13.7 Å². The minimum Gasteiger partial charge on any atom is -1.00 e. The van der Waals surface area contributed by atoms with E-state index in [1.807, 2.05) is 0 Å². The third kappa shape index (κ3) is 23.7. The fraction of sp³-hybridized carbons (Fsp3) is 1.00. The zero-order valence-electron chi connectivity index (χ0n) is 46.6. The summed E-state index contributed by atoms with van der Waals surface area (Å²) < 4.78 is 42.8. The first-order chi connectivity index (χ1) is 30.9. The smallest absolute Gasteiger partial charge is 1.00 e. The standard InChI is InChI=1S/3C18H33OP.C2H6O.3ClH.Dy.6H2O/c3*19-20(16-10-4-1-5-11-16,17-12-6-2-7-13-17)18-14-8-3-9-15-18;1-2-3;;;;;;;;;;/h3*16-18H,1-15H2;3H,2H2,1H3;3*1H;;6*1H2/q;;;;;;;+3;;;;;;/p+2. The number of hydrogen-bond acceptors (Lipinski definition) is 4. The molecular formula is C56H122Cl3DyO10P3+5. The molecule has 0 aliphatic heterocycles. The molecule has 0 aromatic heterocycles. The van der Waals surface area contributed by atoms with Crippen LogP contribution in [-0.4, -0.2) is 68.1 Å². The van der Waals surface area contributed by atoms with Crippen molar-refractivity contribution in [3.8, 4) is 0 Å². The Bertz CT molecular complexity index is 1070. The van der Waals surface area contributed by atoms with Crippen LogP contribution in [0, 0.1) is 38.2 Å². The van der Waals surface area contributed by atoms with Crippen LogP contribution < -0.4 is 37.2 Å². The van der Waals surface area contributed by atoms with Crippen molar-refractivity contribution < 1.29 is 127 Å². The van der Waals surface area contributed by atoms with Crippen molar-refractivity contribution >= 4 is 21.4 Å². The summed E-state index contributed by atoms with van der Waals surface area (Å²) in [5.41, 5.74) is 5.65. The van der Waals surface area contributed by atoms with Gasteiger partial charge in [-0.25, -0.2) is 0 Å². The van der Waals surface area contributed by atoms with E-state index in [-0.39, 0.29) is 115 Å². The summed E-state index contributed by atoms with van der Waals surface area (Å²) in [6.07, 6.45) is 60.3. The van der Waals surface area contributed by atoms with Crippen molar-refractivity contribution in [2.75, 3.05) is 6.61 Å². The second kappa shape index (κ2) is 46.1. The van der Waals surface area contributed by atoms with Crippen LogP contribution in [0.2, 0.25) is 0 Å². The Morgan fingerprint density at radius 3 is 0.397 bits per heavy atom. The van der Waals surface area contributed by atoms with E-state index in [0.29, 0.717) is 50.9 Å². The van der Waals surface area contributed by atoms with Gasteiger partial charge in [-0.1, -0.05) is 173 Å². The molecule has 1 radical (unpaired) electrons. The summed E-state index contributed by atoms with van der Waals surface area (Å²) >= 11 is 0. The minimum absolute atomic E-state index is 0. The molecule has 0 unspecified atom stereocenters. The van der Waals surface area contributed by atoms with Crippen LogP contribution in [0.15, 0.2) is 0 Å². The molecule has 9 rings (SSSR count). The quantitative estimate of drug-likeness (QED) is 0.256. The average molecular weight is 1320 g/mol. The Hall–Kier alpha value is 2.55. The van der Waals surface area contributed by atoms with Gasteiger partial charge in [0.2, 0.25) is 0 Å². The molecule has 18 N–H and O–H groups in total. The molecule has 0 aromatic rings. The van der Waals surface area contributed by atoms with Crippen LogP contribution in [0.4, 0.5) is 0 Å². The van der Waals surface area contributed by atoms with Gasteiger partial charge in [-0.15, -0.1) is 0 Å². The molecule has 73 heavy (non-hydrogen) atoms. The molecule has 9 aliphatic carbocycles. The first kappa shape index (κ1) is 84.4. The summed E-state index contributed by atoms with van der Waals surface area (Å²) in [6.45, 7) is 1.93. The van der Waals surface area contributed by atoms with Crippen LogP contribution in [-0.2, 0) is 41.1 Å². The van der Waals surface area contributed by atoms with Gasteiger partial charge in [-0.05, 0) is 122 Å². The van der Waals surface area contributed by atoms with Crippen LogP contribution in [0.5, 0.6) is 0 Å². The monoisotopic (exact) mass is 1320 g/mol. The molecule has 0 aromatic carbocycles. The molecule has 17 heteroatoms. The molecular weight excluding hydrogens is 1190 g/mol. The van der Waals surface area contributed by atoms with E-state index < -0.39 is 21.4 Å². The Labute approximate surface area is 497 Å². The molecule has 0 amide bonds. The Morgan fingerprint density at radius 2 is 0.329 bits per heavy atom. The Morgan fingerprint density at radius 1 is 0.260 bits per heavy atom. The fourth-order valence-corrected chi connectivity index (χ4v) is 32.0. The van der Waals surface area contributed by atoms with Crippen LogP contribution in [0.25, 0.3) is 0 Å². The topological polar surface area (TPSA) is 268 Å². The van der Waals surface area contributed by atoms with Gasteiger partial charge in [-0.2, -0.15) is 0 Å². The van der Waals surface area contributed by atoms with Crippen molar-refractivity contribution in [2.45, 2.75) is 347 Å². The van der Waals surface area contributed by atoms with Gasteiger partial charge in [0.15, 0.2) is 0 Å². The number of halogens is 3. The first-order valence-corrected chi connectivity index (χ1v) is 35.0. The number of aliphatic hydroxyl groups excluding tert-OH is 1. The van der Waals surface area contributed by atoms with Crippen molar-refractivity contribution in [1.29, 1.82) is 0 Å². The zero-order chi connectivity index (χ0) is 44.2. The van der Waals surface area contributed by atoms with Crippen LogP contribution in [0.1, 0.15) is 296 Å². The van der Waals surface area contributed by atoms with Crippen LogP contribution >= 0.6 is 21.4 Å². The third-order valence-electron chi connectivity index (χ3n) is 19.3. The molecule has 9 fully saturated rings. The predicted octanol–water partition coefficient (Wildman–Crippen LogP) is 4.62. The van der Waals surface area contributed by atoms with Gasteiger partial charge < -0.3 is 88.9 Å². The molecule has 9 saturated carbocycles. The van der Waals surface area contributed by atoms with Gasteiger partial charge in [0.1, 0.15) is 0 Å². The van der Waals surface area contributed by atoms with Gasteiger partial charge in [0.05, 0.1) is 21.4 Å². The SMILES string of the molecule is CCO.O.O=P(C1CCCCC1)(C1CCCCC1)C1CCCCC1.O=P(C1CCCCC1)(C1CCCCC1)C1CCCCC1.O=P(C1CCCCC1)(C1CCCCC1)C1CCCCC1.[Cl-].[Cl-].[Cl-].[Dy+3].[OH3+].[OH3+].[OH3+].[OH3+].[OH3+]. The molecule has 10 nitrogen and oxygen atoms in total. The van der Waals surface area contributed by atoms with Crippen LogP contribution in [0.3, 0.4) is 0 Å². The summed E-state index contributed by atoms with van der Waals surface area (Å²) in [5, 5.41) is 7.57. The maximum absolute atomic E-state index is 14.3. The summed E-state index contributed by atoms with van der Waals surface area (Å²) in [4.78, 5) is 0. The largest absolute Gasteiger partial charge is 3.00 e. The fourth-order valence-electron chi connectivity index (χ4n) is 16.0. The van der Waals surface area contributed by atoms with Crippen molar-refractivity contribution in [3.05, 3.63) is 0 Å². The molecule has 0 saturated heterocycles. The molecule has 0 heterocycles. The second-order valence-corrected chi connectivity index (χ2v) is 34.4. The van der Waals surface area contributed by atoms with E-state index in [1.165, 1.54) is 289 Å². The van der Waals surface area contributed by atoms with Gasteiger partial charge >= 0.3 is 38.2 Å². The van der Waals surface area contributed by atoms with E-state index >= 15 is 0 Å². The molecule has 9 aliphatic rings. The van der Waals surface area contributed by atoms with E-state index in [1.54, 1.807) is 6.92 Å². The average Bonchev–Trinajstić information content (AvgIpc) is 3.38. The number of rotatable bonds is 9. The second-order valence-electron chi connectivity index (χ2n) is 23.2. The summed E-state index contributed by atoms with van der Waals surface area (Å²) in [7, 11) is -5.84. The molecule has 0 spiro atoms. The first-order valence-electron chi connectivity index (χ1n) is 29.2. The van der Waals surface area contributed by atoms with E-state index in [0.717, 1.165) is 0 Å². The maximum Gasteiger partial charge on any atom is 3.00 e. The Balaban J connectivity index is -0.000000289. The molecule has 447 valence electrons. The normalized spacial score (nSPS) is 23.8. The van der Waals surface area contributed by atoms with Crippen molar-refractivity contribution in [1.82, 2.24) is 0 Å². The summed E-state index contributed by atoms with van der Waals surface area (Å²) in [6, 6.07) is 0. The van der Waals surface area contributed by atoms with Crippen molar-refractivity contribution in [3.63, 3.8) is 0 Å². The maximum atomic E-state index is 14.3. The van der Waals surface area contributed by atoms with Crippen molar-refractivity contribution in [2.24, 2.45) is 0 Å². The van der Waals surface area contributed by atoms with Gasteiger partial charge in [0.25, 0.3) is 0 Å². The number of hydrogen-bond donors (Lipinski definition) is 1. The molecule has 0 atom stereocenters. The summed E-state index contributed by atoms with van der Waals surface area (Å²) in [5.74, 6) is 0. The number of aliphatic hydroxyl groups is 1. The zero-order valence-corrected chi connectivity index (χ0v) is 53.6. The minimum atomic E-state index is -1.95. The molecule has 0 bridgehead atoms. The van der Waals surface area contributed by atoms with Gasteiger partial charge in [0, 0.05) is 57.5 Å². The van der Waals surface area contributed by atoms with Gasteiger partial charge in [-0.3, -0.25) is 0 Å². The predicted molar refractivity (Wildman–Crippen MR) is 305 cm³/mol. The van der Waals surface area contributed by atoms with E-state index in [4.69, 9.17) is 5.11 Å². The third-order valence-corrected chi connectivity index (χ3v) is 34.2.